The molecule has 0 aromatic heterocycles. The number of amides is 2. The van der Waals surface area contributed by atoms with Gasteiger partial charge in [0.1, 0.15) is 0 Å². The molecule has 2 amide bonds. The number of rotatable bonds is 3. The van der Waals surface area contributed by atoms with Gasteiger partial charge in [0.15, 0.2) is 0 Å². The summed E-state index contributed by atoms with van der Waals surface area (Å²) < 4.78 is 26.2. The number of benzene rings is 2. The zero-order valence-corrected chi connectivity index (χ0v) is 12.8. The van der Waals surface area contributed by atoms with Gasteiger partial charge in [0.2, 0.25) is 0 Å². The minimum absolute atomic E-state index is 0.0942. The number of nitrogens with one attached hydrogen (secondary N) is 1. The first-order chi connectivity index (χ1) is 10.2. The number of nitrogens with two attached hydrogens (primary N) is 1. The van der Waals surface area contributed by atoms with Crippen LogP contribution in [0.15, 0.2) is 41.3 Å². The van der Waals surface area contributed by atoms with Crippen molar-refractivity contribution in [3.63, 3.8) is 0 Å². The molecule has 0 atom stereocenters. The highest BCUT2D eigenvalue weighted by Crippen LogP contribution is 2.29. The summed E-state index contributed by atoms with van der Waals surface area (Å²) in [6.45, 7) is 0. The summed E-state index contributed by atoms with van der Waals surface area (Å²) in [7, 11) is -0.516. The highest BCUT2D eigenvalue weighted by molar-refractivity contribution is 7.90. The van der Waals surface area contributed by atoms with Crippen LogP contribution in [-0.4, -0.2) is 34.3 Å². The molecule has 2 aromatic carbocycles. The van der Waals surface area contributed by atoms with E-state index in [9.17, 15) is 18.0 Å². The molecule has 2 rings (SSSR count). The summed E-state index contributed by atoms with van der Waals surface area (Å²) >= 11 is 0. The van der Waals surface area contributed by atoms with Gasteiger partial charge in [-0.3, -0.25) is 9.59 Å². The number of primary amides is 1. The highest BCUT2D eigenvalue weighted by Gasteiger charge is 2.23. The van der Waals surface area contributed by atoms with E-state index in [0.717, 1.165) is 5.69 Å². The van der Waals surface area contributed by atoms with Crippen LogP contribution in [0.2, 0.25) is 0 Å². The third kappa shape index (κ3) is 2.86. The Kier molecular flexibility index (Phi) is 4.05. The average Bonchev–Trinajstić information content (AvgIpc) is 2.45. The lowest BCUT2D eigenvalue weighted by atomic mass is 10.1. The third-order valence-corrected chi connectivity index (χ3v) is 4.47. The van der Waals surface area contributed by atoms with Crippen molar-refractivity contribution in [2.75, 3.05) is 19.0 Å². The zero-order valence-electron chi connectivity index (χ0n) is 12.0. The molecule has 116 valence electrons. The van der Waals surface area contributed by atoms with Crippen molar-refractivity contribution in [3.05, 3.63) is 36.4 Å². The fourth-order valence-corrected chi connectivity index (χ4v) is 3.30. The molecular formula is C14H15N3O4S. The summed E-state index contributed by atoms with van der Waals surface area (Å²) in [5.41, 5.74) is 5.61. The Hall–Kier alpha value is -2.61. The van der Waals surface area contributed by atoms with Gasteiger partial charge >= 0.3 is 11.8 Å². The lowest BCUT2D eigenvalue weighted by molar-refractivity contribution is -0.136. The number of sulfonamides is 1. The molecule has 0 unspecified atom stereocenters. The Morgan fingerprint density at radius 1 is 1.05 bits per heavy atom. The second kappa shape index (κ2) is 5.64. The van der Waals surface area contributed by atoms with Gasteiger partial charge < -0.3 is 10.6 Å². The van der Waals surface area contributed by atoms with Crippen molar-refractivity contribution in [1.29, 1.82) is 0 Å². The first-order valence-electron chi connectivity index (χ1n) is 6.29. The van der Waals surface area contributed by atoms with Crippen LogP contribution in [0.4, 0.5) is 5.69 Å². The van der Waals surface area contributed by atoms with E-state index < -0.39 is 21.8 Å². The minimum atomic E-state index is -4.19. The minimum Gasteiger partial charge on any atom is -0.377 e. The summed E-state index contributed by atoms with van der Waals surface area (Å²) in [4.78, 5) is 23.8. The molecule has 0 aliphatic carbocycles. The number of nitrogens with zero attached hydrogens (tertiary/aromatic N) is 1. The molecule has 0 spiro atoms. The van der Waals surface area contributed by atoms with E-state index >= 15 is 0 Å². The molecule has 7 nitrogen and oxygen atoms in total. The van der Waals surface area contributed by atoms with Crippen molar-refractivity contribution in [2.24, 2.45) is 5.73 Å². The SMILES string of the molecule is CN(C)c1cccc2c(S(=O)(=O)NC(=O)C(N)=O)cccc12. The molecule has 0 bridgehead atoms. The van der Waals surface area contributed by atoms with E-state index in [2.05, 4.69) is 0 Å². The molecule has 8 heteroatoms. The van der Waals surface area contributed by atoms with Gasteiger partial charge in [-0.05, 0) is 12.1 Å². The van der Waals surface area contributed by atoms with Crippen LogP contribution in [0, 0.1) is 0 Å². The van der Waals surface area contributed by atoms with E-state index in [1.165, 1.54) is 6.07 Å². The van der Waals surface area contributed by atoms with Gasteiger partial charge in [-0.25, -0.2) is 13.1 Å². The van der Waals surface area contributed by atoms with Crippen LogP contribution >= 0.6 is 0 Å². The highest BCUT2D eigenvalue weighted by atomic mass is 32.2. The van der Waals surface area contributed by atoms with E-state index in [0.29, 0.717) is 10.8 Å². The van der Waals surface area contributed by atoms with Gasteiger partial charge in [-0.1, -0.05) is 24.3 Å². The molecule has 0 aliphatic heterocycles. The molecule has 0 saturated carbocycles. The molecule has 22 heavy (non-hydrogen) atoms. The van der Waals surface area contributed by atoms with E-state index in [1.807, 2.05) is 25.1 Å². The van der Waals surface area contributed by atoms with Crippen LogP contribution in [0.5, 0.6) is 0 Å². The standard InChI is InChI=1S/C14H15N3O4S/c1-17(2)11-7-3-6-10-9(11)5-4-8-12(10)22(20,21)16-14(19)13(15)18/h3-8H,1-2H3,(H2,15,18)(H,16,19). The monoisotopic (exact) mass is 321 g/mol. The molecule has 0 aliphatic rings. The lowest BCUT2D eigenvalue weighted by Crippen LogP contribution is -2.39. The van der Waals surface area contributed by atoms with Gasteiger partial charge in [0.25, 0.3) is 10.0 Å². The molecule has 3 N–H and O–H groups in total. The van der Waals surface area contributed by atoms with Crippen LogP contribution in [0.3, 0.4) is 0 Å². The molecule has 0 heterocycles. The van der Waals surface area contributed by atoms with Crippen LogP contribution in [0.1, 0.15) is 0 Å². The van der Waals surface area contributed by atoms with Crippen LogP contribution in [0.25, 0.3) is 10.8 Å². The molecule has 0 radical (unpaired) electrons. The predicted molar refractivity (Wildman–Crippen MR) is 82.8 cm³/mol. The normalized spacial score (nSPS) is 11.2. The summed E-state index contributed by atoms with van der Waals surface area (Å²) in [5.74, 6) is -2.74. The number of hydrogen-bond donors (Lipinski definition) is 2. The Balaban J connectivity index is 2.64. The van der Waals surface area contributed by atoms with Crippen molar-refractivity contribution >= 4 is 38.3 Å². The number of hydrogen-bond acceptors (Lipinski definition) is 5. The maximum Gasteiger partial charge on any atom is 0.322 e. The van der Waals surface area contributed by atoms with Gasteiger partial charge in [-0.2, -0.15) is 0 Å². The number of fused-ring (bicyclic) bond motifs is 1. The van der Waals surface area contributed by atoms with Crippen molar-refractivity contribution in [3.8, 4) is 0 Å². The zero-order chi connectivity index (χ0) is 16.5. The first kappa shape index (κ1) is 15.8. The Labute approximate surface area is 127 Å². The van der Waals surface area contributed by atoms with Gasteiger partial charge in [0.05, 0.1) is 4.90 Å². The van der Waals surface area contributed by atoms with Gasteiger partial charge in [-0.15, -0.1) is 0 Å². The van der Waals surface area contributed by atoms with Crippen LogP contribution in [-0.2, 0) is 19.6 Å². The van der Waals surface area contributed by atoms with E-state index in [1.54, 1.807) is 29.0 Å². The second-order valence-corrected chi connectivity index (χ2v) is 6.47. The fourth-order valence-electron chi connectivity index (χ4n) is 2.12. The maximum atomic E-state index is 12.3. The topological polar surface area (TPSA) is 110 Å². The molecule has 0 saturated heterocycles. The summed E-state index contributed by atoms with van der Waals surface area (Å²) in [6, 6.07) is 9.90. The fraction of sp³-hybridized carbons (Fsp3) is 0.143. The molecule has 0 fully saturated rings. The second-order valence-electron chi connectivity index (χ2n) is 4.82. The number of carbonyl (C=O) groups is 2. The average molecular weight is 321 g/mol. The van der Waals surface area contributed by atoms with Crippen molar-refractivity contribution in [1.82, 2.24) is 4.72 Å². The smallest absolute Gasteiger partial charge is 0.322 e. The van der Waals surface area contributed by atoms with Gasteiger partial charge in [0, 0.05) is 30.6 Å². The number of anilines is 1. The molecular weight excluding hydrogens is 306 g/mol. The van der Waals surface area contributed by atoms with Crippen molar-refractivity contribution in [2.45, 2.75) is 4.90 Å². The Morgan fingerprint density at radius 3 is 2.23 bits per heavy atom. The largest absolute Gasteiger partial charge is 0.377 e. The van der Waals surface area contributed by atoms with Crippen molar-refractivity contribution < 1.29 is 18.0 Å². The predicted octanol–water partition coefficient (Wildman–Crippen LogP) is 0.196. The lowest BCUT2D eigenvalue weighted by Gasteiger charge is -2.16. The quantitative estimate of drug-likeness (QED) is 0.785. The maximum absolute atomic E-state index is 12.3. The van der Waals surface area contributed by atoms with E-state index in [-0.39, 0.29) is 4.90 Å². The summed E-state index contributed by atoms with van der Waals surface area (Å²) in [6.07, 6.45) is 0. The third-order valence-electron chi connectivity index (χ3n) is 3.08. The summed E-state index contributed by atoms with van der Waals surface area (Å²) in [5, 5.41) is 1.15. The Bertz CT molecular complexity index is 860. The Morgan fingerprint density at radius 2 is 1.64 bits per heavy atom. The first-order valence-corrected chi connectivity index (χ1v) is 7.78. The number of carbonyl (C=O) groups excluding carboxylic acids is 2. The van der Waals surface area contributed by atoms with Crippen LogP contribution < -0.4 is 15.4 Å². The van der Waals surface area contributed by atoms with E-state index in [4.69, 9.17) is 5.73 Å². The molecule has 2 aromatic rings.